The lowest BCUT2D eigenvalue weighted by Crippen LogP contribution is -2.25. The summed E-state index contributed by atoms with van der Waals surface area (Å²) in [5, 5.41) is 3.17. The summed E-state index contributed by atoms with van der Waals surface area (Å²) < 4.78 is 0. The van der Waals surface area contributed by atoms with E-state index in [-0.39, 0.29) is 5.91 Å². The molecule has 0 aliphatic carbocycles. The number of unbranched alkanes of at least 4 members (excludes halogenated alkanes) is 3. The number of nitrogens with one attached hydrogen (secondary N) is 1. The molecule has 3 N–H and O–H groups in total. The average Bonchev–Trinajstić information content (AvgIpc) is 2.40. The molecule has 0 saturated heterocycles. The van der Waals surface area contributed by atoms with Crippen molar-refractivity contribution in [2.45, 2.75) is 25.7 Å². The number of carbonyl (C=O) groups excluding carboxylic acids is 1. The van der Waals surface area contributed by atoms with Crippen LogP contribution in [0.4, 0.5) is 5.82 Å². The summed E-state index contributed by atoms with van der Waals surface area (Å²) >= 11 is 7.78. The molecule has 0 fully saturated rings. The molecule has 106 valence electrons. The predicted molar refractivity (Wildman–Crippen MR) is 82.8 cm³/mol. The Morgan fingerprint density at radius 1 is 1.42 bits per heavy atom. The lowest BCUT2D eigenvalue weighted by atomic mass is 10.2. The van der Waals surface area contributed by atoms with Crippen molar-refractivity contribution >= 4 is 35.1 Å². The van der Waals surface area contributed by atoms with Crippen LogP contribution in [0.25, 0.3) is 0 Å². The van der Waals surface area contributed by atoms with Gasteiger partial charge in [0.05, 0.1) is 10.6 Å². The molecule has 0 saturated carbocycles. The molecule has 1 rings (SSSR count). The fourth-order valence-corrected chi connectivity index (χ4v) is 2.33. The van der Waals surface area contributed by atoms with E-state index in [0.29, 0.717) is 22.9 Å². The molecule has 6 heteroatoms. The van der Waals surface area contributed by atoms with Crippen molar-refractivity contribution in [2.24, 2.45) is 0 Å². The molecule has 1 aromatic rings. The third kappa shape index (κ3) is 6.16. The zero-order valence-electron chi connectivity index (χ0n) is 11.1. The number of thioether (sulfide) groups is 1. The maximum Gasteiger partial charge on any atom is 0.252 e. The molecule has 0 spiro atoms. The normalized spacial score (nSPS) is 10.4. The Balaban J connectivity index is 2.26. The standard InChI is InChI=1S/C13H20ClN3OS/c1-19-7-5-3-2-4-6-16-13(18)10-8-12(15)17-9-11(10)14/h8-9H,2-7H2,1H3,(H2,15,17)(H,16,18). The molecule has 0 aliphatic rings. The number of nitrogen functional groups attached to an aromatic ring is 1. The van der Waals surface area contributed by atoms with E-state index in [1.165, 1.54) is 30.9 Å². The van der Waals surface area contributed by atoms with E-state index < -0.39 is 0 Å². The highest BCUT2D eigenvalue weighted by Gasteiger charge is 2.10. The molecule has 1 heterocycles. The van der Waals surface area contributed by atoms with Crippen molar-refractivity contribution in [3.05, 3.63) is 22.8 Å². The van der Waals surface area contributed by atoms with Crippen LogP contribution in [0.15, 0.2) is 12.3 Å². The van der Waals surface area contributed by atoms with Gasteiger partial charge in [0.25, 0.3) is 5.91 Å². The summed E-state index contributed by atoms with van der Waals surface area (Å²) in [5.41, 5.74) is 5.92. The van der Waals surface area contributed by atoms with Crippen LogP contribution in [0.3, 0.4) is 0 Å². The molecule has 0 aliphatic heterocycles. The largest absolute Gasteiger partial charge is 0.384 e. The van der Waals surface area contributed by atoms with Gasteiger partial charge in [-0.05, 0) is 30.9 Å². The van der Waals surface area contributed by atoms with Crippen molar-refractivity contribution in [2.75, 3.05) is 24.3 Å². The van der Waals surface area contributed by atoms with Gasteiger partial charge in [-0.1, -0.05) is 24.4 Å². The van der Waals surface area contributed by atoms with Gasteiger partial charge in [0.15, 0.2) is 0 Å². The Bertz CT molecular complexity index is 415. The quantitative estimate of drug-likeness (QED) is 0.724. The fraction of sp³-hybridized carbons (Fsp3) is 0.538. The minimum absolute atomic E-state index is 0.191. The lowest BCUT2D eigenvalue weighted by molar-refractivity contribution is 0.0953. The Morgan fingerprint density at radius 3 is 2.89 bits per heavy atom. The Morgan fingerprint density at radius 2 is 2.16 bits per heavy atom. The number of rotatable bonds is 8. The van der Waals surface area contributed by atoms with Crippen molar-refractivity contribution < 1.29 is 4.79 Å². The van der Waals surface area contributed by atoms with E-state index in [4.69, 9.17) is 17.3 Å². The number of nitrogens with two attached hydrogens (primary N) is 1. The van der Waals surface area contributed by atoms with Gasteiger partial charge in [-0.25, -0.2) is 4.98 Å². The van der Waals surface area contributed by atoms with Crippen molar-refractivity contribution in [3.8, 4) is 0 Å². The van der Waals surface area contributed by atoms with Gasteiger partial charge in [0, 0.05) is 12.7 Å². The van der Waals surface area contributed by atoms with Crippen LogP contribution < -0.4 is 11.1 Å². The number of carbonyl (C=O) groups is 1. The molecule has 19 heavy (non-hydrogen) atoms. The SMILES string of the molecule is CSCCCCCCNC(=O)c1cc(N)ncc1Cl. The van der Waals surface area contributed by atoms with Crippen LogP contribution in [-0.4, -0.2) is 29.4 Å². The van der Waals surface area contributed by atoms with Gasteiger partial charge in [-0.15, -0.1) is 0 Å². The van der Waals surface area contributed by atoms with E-state index in [2.05, 4.69) is 16.6 Å². The topological polar surface area (TPSA) is 68.0 Å². The van der Waals surface area contributed by atoms with Crippen LogP contribution in [0.1, 0.15) is 36.0 Å². The van der Waals surface area contributed by atoms with E-state index in [9.17, 15) is 4.79 Å². The number of amides is 1. The smallest absolute Gasteiger partial charge is 0.252 e. The summed E-state index contributed by atoms with van der Waals surface area (Å²) in [4.78, 5) is 15.7. The molecule has 0 radical (unpaired) electrons. The van der Waals surface area contributed by atoms with Crippen LogP contribution >= 0.6 is 23.4 Å². The number of hydrogen-bond donors (Lipinski definition) is 2. The highest BCUT2D eigenvalue weighted by molar-refractivity contribution is 7.98. The molecule has 1 aromatic heterocycles. The average molecular weight is 302 g/mol. The van der Waals surface area contributed by atoms with Crippen molar-refractivity contribution in [1.82, 2.24) is 10.3 Å². The van der Waals surface area contributed by atoms with Crippen molar-refractivity contribution in [1.29, 1.82) is 0 Å². The van der Waals surface area contributed by atoms with Crippen molar-refractivity contribution in [3.63, 3.8) is 0 Å². The molecule has 1 amide bonds. The van der Waals surface area contributed by atoms with Gasteiger partial charge in [-0.2, -0.15) is 11.8 Å². The number of nitrogens with zero attached hydrogens (tertiary/aromatic N) is 1. The van der Waals surface area contributed by atoms with Gasteiger partial charge in [-0.3, -0.25) is 4.79 Å². The third-order valence-corrected chi connectivity index (χ3v) is 3.68. The summed E-state index contributed by atoms with van der Waals surface area (Å²) in [5.74, 6) is 1.31. The van der Waals surface area contributed by atoms with E-state index in [0.717, 1.165) is 12.8 Å². The second kappa shape index (κ2) is 9.04. The molecule has 0 unspecified atom stereocenters. The minimum Gasteiger partial charge on any atom is -0.384 e. The molecule has 0 atom stereocenters. The van der Waals surface area contributed by atoms with Gasteiger partial charge < -0.3 is 11.1 Å². The first-order valence-corrected chi connectivity index (χ1v) is 8.10. The number of anilines is 1. The maximum absolute atomic E-state index is 11.9. The molecular formula is C13H20ClN3OS. The van der Waals surface area contributed by atoms with Crippen LogP contribution in [0, 0.1) is 0 Å². The molecule has 0 bridgehead atoms. The van der Waals surface area contributed by atoms with E-state index in [1.807, 2.05) is 11.8 Å². The first-order valence-electron chi connectivity index (χ1n) is 6.33. The van der Waals surface area contributed by atoms with E-state index in [1.54, 1.807) is 0 Å². The number of hydrogen-bond acceptors (Lipinski definition) is 4. The predicted octanol–water partition coefficient (Wildman–Crippen LogP) is 2.97. The van der Waals surface area contributed by atoms with Crippen LogP contribution in [0.5, 0.6) is 0 Å². The second-order valence-corrected chi connectivity index (χ2v) is 5.64. The minimum atomic E-state index is -0.191. The second-order valence-electron chi connectivity index (χ2n) is 4.25. The Labute approximate surface area is 123 Å². The van der Waals surface area contributed by atoms with Gasteiger partial charge in [0.2, 0.25) is 0 Å². The highest BCUT2D eigenvalue weighted by atomic mass is 35.5. The first-order chi connectivity index (χ1) is 9.15. The Kier molecular flexibility index (Phi) is 7.67. The monoisotopic (exact) mass is 301 g/mol. The number of halogens is 1. The Hall–Kier alpha value is -0.940. The first kappa shape index (κ1) is 16.1. The summed E-state index contributed by atoms with van der Waals surface area (Å²) in [6, 6.07) is 1.50. The van der Waals surface area contributed by atoms with Gasteiger partial charge in [0.1, 0.15) is 5.82 Å². The fourth-order valence-electron chi connectivity index (χ4n) is 1.65. The molecule has 4 nitrogen and oxygen atoms in total. The lowest BCUT2D eigenvalue weighted by Gasteiger charge is -2.07. The zero-order valence-corrected chi connectivity index (χ0v) is 12.7. The zero-order chi connectivity index (χ0) is 14.1. The third-order valence-electron chi connectivity index (χ3n) is 2.68. The van der Waals surface area contributed by atoms with Crippen LogP contribution in [0.2, 0.25) is 5.02 Å². The number of aromatic nitrogens is 1. The molecular weight excluding hydrogens is 282 g/mol. The van der Waals surface area contributed by atoms with Crippen LogP contribution in [-0.2, 0) is 0 Å². The summed E-state index contributed by atoms with van der Waals surface area (Å²) in [6.07, 6.45) is 8.07. The summed E-state index contributed by atoms with van der Waals surface area (Å²) in [6.45, 7) is 0.663. The molecule has 0 aromatic carbocycles. The maximum atomic E-state index is 11.9. The van der Waals surface area contributed by atoms with Gasteiger partial charge >= 0.3 is 0 Å². The van der Waals surface area contributed by atoms with E-state index >= 15 is 0 Å². The summed E-state index contributed by atoms with van der Waals surface area (Å²) in [7, 11) is 0. The highest BCUT2D eigenvalue weighted by Crippen LogP contribution is 2.16. The number of pyridine rings is 1.